The number of halogens is 3. The molecular weight excluding hydrogens is 601 g/mol. The molecule has 188 valence electrons. The smallest absolute Gasteiger partial charge is 0.246 e. The molecule has 5 rings (SSSR count). The van der Waals surface area contributed by atoms with Crippen LogP contribution in [0.1, 0.15) is 11.1 Å². The number of hydrogen-bond acceptors (Lipinski definition) is 2. The lowest BCUT2D eigenvalue weighted by Gasteiger charge is -2.34. The van der Waals surface area contributed by atoms with E-state index in [1.54, 1.807) is 29.2 Å². The van der Waals surface area contributed by atoms with Crippen molar-refractivity contribution < 1.29 is 14.0 Å². The molecule has 2 amide bonds. The maximum atomic E-state index is 13.5. The first-order valence-corrected chi connectivity index (χ1v) is 13.5. The van der Waals surface area contributed by atoms with Crippen LogP contribution in [-0.4, -0.2) is 52.8 Å². The summed E-state index contributed by atoms with van der Waals surface area (Å²) >= 11 is 6.97. The molecule has 0 bridgehead atoms. The second-order valence-electron chi connectivity index (χ2n) is 8.95. The quantitative estimate of drug-likeness (QED) is 0.260. The van der Waals surface area contributed by atoms with Gasteiger partial charge >= 0.3 is 0 Å². The van der Waals surface area contributed by atoms with Crippen LogP contribution in [0, 0.1) is 5.82 Å². The van der Waals surface area contributed by atoms with Gasteiger partial charge in [0, 0.05) is 52.1 Å². The van der Waals surface area contributed by atoms with E-state index in [0.29, 0.717) is 26.2 Å². The van der Waals surface area contributed by atoms with Gasteiger partial charge in [-0.15, -0.1) is 0 Å². The number of hydrogen-bond donors (Lipinski definition) is 1. The van der Waals surface area contributed by atoms with Gasteiger partial charge in [-0.05, 0) is 77.4 Å². The zero-order valence-corrected chi connectivity index (χ0v) is 23.1. The summed E-state index contributed by atoms with van der Waals surface area (Å²) in [5.41, 5.74) is 4.37. The van der Waals surface area contributed by atoms with Gasteiger partial charge in [-0.25, -0.2) is 4.39 Å². The number of nitrogens with zero attached hydrogens (tertiary/aromatic N) is 2. The Balaban J connectivity index is 1.29. The molecule has 5 nitrogen and oxygen atoms in total. The second kappa shape index (κ2) is 11.0. The fourth-order valence-corrected chi connectivity index (χ4v) is 5.37. The van der Waals surface area contributed by atoms with E-state index in [1.165, 1.54) is 12.1 Å². The van der Waals surface area contributed by atoms with Crippen molar-refractivity contribution in [3.8, 4) is 11.3 Å². The summed E-state index contributed by atoms with van der Waals surface area (Å²) in [5.74, 6) is -0.368. The summed E-state index contributed by atoms with van der Waals surface area (Å²) in [6, 6.07) is 19.9. The van der Waals surface area contributed by atoms with E-state index in [-0.39, 0.29) is 24.1 Å². The predicted octanol–water partition coefficient (Wildman–Crippen LogP) is 6.43. The third kappa shape index (κ3) is 5.86. The fourth-order valence-electron chi connectivity index (χ4n) is 4.59. The lowest BCUT2D eigenvalue weighted by molar-refractivity contribution is -0.136. The van der Waals surface area contributed by atoms with Crippen molar-refractivity contribution in [2.24, 2.45) is 0 Å². The van der Waals surface area contributed by atoms with E-state index in [4.69, 9.17) is 0 Å². The Hall–Kier alpha value is -3.23. The lowest BCUT2D eigenvalue weighted by Crippen LogP contribution is -2.50. The molecule has 1 aliphatic rings. The third-order valence-electron chi connectivity index (χ3n) is 6.54. The average molecular weight is 625 g/mol. The van der Waals surface area contributed by atoms with E-state index in [2.05, 4.69) is 36.8 Å². The minimum Gasteiger partial charge on any atom is -0.354 e. The van der Waals surface area contributed by atoms with Crippen molar-refractivity contribution >= 4 is 60.7 Å². The van der Waals surface area contributed by atoms with Crippen molar-refractivity contribution in [1.82, 2.24) is 14.8 Å². The normalized spacial score (nSPS) is 14.0. The van der Waals surface area contributed by atoms with Crippen molar-refractivity contribution in [2.75, 3.05) is 26.2 Å². The number of nitrogens with one attached hydrogen (secondary N) is 1. The van der Waals surface area contributed by atoms with Crippen LogP contribution in [-0.2, 0) is 16.0 Å². The highest BCUT2D eigenvalue weighted by atomic mass is 79.9. The molecule has 1 fully saturated rings. The first-order chi connectivity index (χ1) is 17.9. The first-order valence-electron chi connectivity index (χ1n) is 11.9. The van der Waals surface area contributed by atoms with Crippen molar-refractivity contribution in [3.63, 3.8) is 0 Å². The van der Waals surface area contributed by atoms with Gasteiger partial charge in [-0.2, -0.15) is 0 Å². The summed E-state index contributed by atoms with van der Waals surface area (Å²) in [5, 5.41) is 0.952. The fraction of sp³-hybridized carbons (Fsp3) is 0.172. The summed E-state index contributed by atoms with van der Waals surface area (Å²) in [7, 11) is 0. The maximum absolute atomic E-state index is 13.5. The molecule has 0 spiro atoms. The number of piperazine rings is 1. The molecule has 1 N–H and O–H groups in total. The Morgan fingerprint density at radius 3 is 2.32 bits per heavy atom. The van der Waals surface area contributed by atoms with Gasteiger partial charge in [0.05, 0.1) is 12.1 Å². The number of benzene rings is 3. The lowest BCUT2D eigenvalue weighted by atomic mass is 10.0. The molecule has 0 unspecified atom stereocenters. The van der Waals surface area contributed by atoms with E-state index >= 15 is 0 Å². The summed E-state index contributed by atoms with van der Waals surface area (Å²) < 4.78 is 15.4. The Bertz CT molecular complexity index is 1490. The molecule has 0 aliphatic carbocycles. The largest absolute Gasteiger partial charge is 0.354 e. The van der Waals surface area contributed by atoms with Gasteiger partial charge in [0.15, 0.2) is 0 Å². The van der Waals surface area contributed by atoms with Crippen LogP contribution in [0.3, 0.4) is 0 Å². The van der Waals surface area contributed by atoms with Gasteiger partial charge in [-0.1, -0.05) is 44.0 Å². The zero-order chi connectivity index (χ0) is 25.9. The second-order valence-corrected chi connectivity index (χ2v) is 10.8. The average Bonchev–Trinajstić information content (AvgIpc) is 3.25. The topological polar surface area (TPSA) is 56.4 Å². The zero-order valence-electron chi connectivity index (χ0n) is 19.9. The predicted molar refractivity (Wildman–Crippen MR) is 151 cm³/mol. The van der Waals surface area contributed by atoms with Crippen LogP contribution in [0.2, 0.25) is 0 Å². The van der Waals surface area contributed by atoms with Crippen LogP contribution < -0.4 is 0 Å². The molecule has 4 aromatic rings. The molecule has 1 aromatic heterocycles. The molecule has 0 saturated carbocycles. The molecule has 0 atom stereocenters. The Morgan fingerprint density at radius 1 is 0.892 bits per heavy atom. The molecule has 8 heteroatoms. The van der Waals surface area contributed by atoms with Gasteiger partial charge < -0.3 is 14.8 Å². The SMILES string of the molecule is O=C(/C=C/c1cccc(Br)c1)N1CCN(C(=O)Cc2c(-c3ccc(F)cc3)[nH]c3ccc(Br)cc23)CC1. The molecule has 1 saturated heterocycles. The number of carbonyl (C=O) groups is 2. The summed E-state index contributed by atoms with van der Waals surface area (Å²) in [6.07, 6.45) is 3.59. The molecule has 1 aliphatic heterocycles. The maximum Gasteiger partial charge on any atom is 0.246 e. The van der Waals surface area contributed by atoms with Gasteiger partial charge in [0.2, 0.25) is 11.8 Å². The highest BCUT2D eigenvalue weighted by Crippen LogP contribution is 2.33. The van der Waals surface area contributed by atoms with Crippen molar-refractivity contribution in [3.05, 3.63) is 98.7 Å². The van der Waals surface area contributed by atoms with Gasteiger partial charge in [-0.3, -0.25) is 9.59 Å². The minimum absolute atomic E-state index is 0.000939. The molecule has 37 heavy (non-hydrogen) atoms. The number of fused-ring (bicyclic) bond motifs is 1. The standard InChI is InChI=1S/C29H24Br2FN3O2/c30-21-3-1-2-19(16-21)4-11-27(36)34-12-14-35(15-13-34)28(37)18-25-24-17-22(31)7-10-26(24)33-29(25)20-5-8-23(32)9-6-20/h1-11,16-17,33H,12-15,18H2/b11-4+. The first kappa shape index (κ1) is 25.4. The number of rotatable bonds is 5. The Morgan fingerprint density at radius 2 is 1.59 bits per heavy atom. The number of aromatic amines is 1. The summed E-state index contributed by atoms with van der Waals surface area (Å²) in [4.78, 5) is 33.0. The molecule has 2 heterocycles. The third-order valence-corrected chi connectivity index (χ3v) is 7.53. The monoisotopic (exact) mass is 623 g/mol. The molecular formula is C29H24Br2FN3O2. The minimum atomic E-state index is -0.306. The van der Waals surface area contributed by atoms with Crippen LogP contribution >= 0.6 is 31.9 Å². The van der Waals surface area contributed by atoms with Gasteiger partial charge in [0.25, 0.3) is 0 Å². The van der Waals surface area contributed by atoms with E-state index in [1.807, 2.05) is 47.4 Å². The van der Waals surface area contributed by atoms with Crippen LogP contribution in [0.4, 0.5) is 4.39 Å². The van der Waals surface area contributed by atoms with Crippen molar-refractivity contribution in [2.45, 2.75) is 6.42 Å². The number of amides is 2. The van der Waals surface area contributed by atoms with Crippen LogP contribution in [0.5, 0.6) is 0 Å². The van der Waals surface area contributed by atoms with Crippen LogP contribution in [0.25, 0.3) is 28.2 Å². The Kier molecular flexibility index (Phi) is 7.58. The van der Waals surface area contributed by atoms with Gasteiger partial charge in [0.1, 0.15) is 5.82 Å². The van der Waals surface area contributed by atoms with Crippen molar-refractivity contribution in [1.29, 1.82) is 0 Å². The summed E-state index contributed by atoms with van der Waals surface area (Å²) in [6.45, 7) is 1.93. The Labute approximate surface area is 231 Å². The van der Waals surface area contributed by atoms with E-state index in [0.717, 1.165) is 42.2 Å². The highest BCUT2D eigenvalue weighted by molar-refractivity contribution is 9.10. The van der Waals surface area contributed by atoms with Crippen LogP contribution in [0.15, 0.2) is 81.8 Å². The highest BCUT2D eigenvalue weighted by Gasteiger charge is 2.25. The molecule has 0 radical (unpaired) electrons. The number of carbonyl (C=O) groups excluding carboxylic acids is 2. The number of H-pyrrole nitrogens is 1. The number of aromatic nitrogens is 1. The van der Waals surface area contributed by atoms with E-state index in [9.17, 15) is 14.0 Å². The molecule has 3 aromatic carbocycles. The van der Waals surface area contributed by atoms with E-state index < -0.39 is 0 Å².